The van der Waals surface area contributed by atoms with E-state index in [0.717, 1.165) is 5.56 Å². The van der Waals surface area contributed by atoms with Crippen LogP contribution >= 0.6 is 11.8 Å². The Morgan fingerprint density at radius 2 is 1.87 bits per heavy atom. The summed E-state index contributed by atoms with van der Waals surface area (Å²) in [4.78, 5) is 29.3. The maximum Gasteiger partial charge on any atom is 0.331 e. The topological polar surface area (TPSA) is 90.2 Å². The van der Waals surface area contributed by atoms with Gasteiger partial charge in [0.15, 0.2) is 6.04 Å². The molecule has 0 radical (unpaired) electrons. The lowest BCUT2D eigenvalue weighted by Crippen LogP contribution is -2.50. The van der Waals surface area contributed by atoms with Crippen molar-refractivity contribution in [3.05, 3.63) is 35.9 Å². The second-order valence-electron chi connectivity index (χ2n) is 6.25. The first-order valence-corrected chi connectivity index (χ1v) is 8.21. The number of aliphatic carboxylic acids is 2. The maximum atomic E-state index is 11.8. The Morgan fingerprint density at radius 1 is 1.22 bits per heavy atom. The number of hydrogen-bond donors (Lipinski definition) is 2. The van der Waals surface area contributed by atoms with Crippen LogP contribution in [0.4, 0.5) is 0 Å². The molecule has 0 amide bonds. The fourth-order valence-corrected chi connectivity index (χ4v) is 4.86. The molecule has 1 aromatic rings. The van der Waals surface area contributed by atoms with Gasteiger partial charge >= 0.3 is 11.9 Å². The van der Waals surface area contributed by atoms with Gasteiger partial charge in [-0.1, -0.05) is 30.3 Å². The van der Waals surface area contributed by atoms with Crippen LogP contribution in [0.2, 0.25) is 0 Å². The number of carboxylic acid groups (broad SMARTS) is 2. The molecule has 122 valence electrons. The van der Waals surface area contributed by atoms with E-state index in [9.17, 15) is 19.8 Å². The van der Waals surface area contributed by atoms with Gasteiger partial charge in [0.05, 0.1) is 0 Å². The summed E-state index contributed by atoms with van der Waals surface area (Å²) in [7, 11) is 0. The van der Waals surface area contributed by atoms with Crippen molar-refractivity contribution in [1.29, 1.82) is 0 Å². The standard InChI is InChI=1S/C16H18N2O4S/c1-16(2)12(15(21)22)18-10(8-9-6-4-3-5-7-9)17-11(14(19)20)13(18)23-16/h3-7,11-13H,8H2,1-2H3,(H,19,20)(H,21,22)/t11?,12-,13?/m0/s1. The molecule has 0 aliphatic carbocycles. The highest BCUT2D eigenvalue weighted by Gasteiger charge is 2.58. The van der Waals surface area contributed by atoms with Gasteiger partial charge < -0.3 is 15.1 Å². The summed E-state index contributed by atoms with van der Waals surface area (Å²) >= 11 is 1.38. The highest BCUT2D eigenvalue weighted by atomic mass is 32.2. The van der Waals surface area contributed by atoms with E-state index in [4.69, 9.17) is 0 Å². The van der Waals surface area contributed by atoms with Crippen molar-refractivity contribution in [3.63, 3.8) is 0 Å². The van der Waals surface area contributed by atoms with Crippen molar-refractivity contribution in [2.75, 3.05) is 0 Å². The number of carboxylic acids is 2. The zero-order valence-electron chi connectivity index (χ0n) is 12.8. The Hall–Kier alpha value is -2.02. The first-order valence-electron chi connectivity index (χ1n) is 7.33. The van der Waals surface area contributed by atoms with Crippen LogP contribution in [0.25, 0.3) is 0 Å². The molecule has 2 aliphatic rings. The predicted molar refractivity (Wildman–Crippen MR) is 87.7 cm³/mol. The van der Waals surface area contributed by atoms with E-state index in [1.807, 2.05) is 44.2 Å². The van der Waals surface area contributed by atoms with Gasteiger partial charge in [-0.3, -0.25) is 4.99 Å². The number of hydrogen-bond acceptors (Lipinski definition) is 5. The summed E-state index contributed by atoms with van der Waals surface area (Å²) in [5, 5.41) is 18.6. The summed E-state index contributed by atoms with van der Waals surface area (Å²) in [6, 6.07) is 7.83. The molecule has 0 saturated carbocycles. The van der Waals surface area contributed by atoms with E-state index >= 15 is 0 Å². The average molecular weight is 334 g/mol. The number of rotatable bonds is 4. The fraction of sp³-hybridized carbons (Fsp3) is 0.438. The SMILES string of the molecule is CC1(C)SC2C(C(=O)O)N=C(Cc3ccccc3)N2[C@H]1C(=O)O. The summed E-state index contributed by atoms with van der Waals surface area (Å²) < 4.78 is -0.581. The molecule has 2 unspecified atom stereocenters. The molecule has 0 bridgehead atoms. The van der Waals surface area contributed by atoms with Crippen molar-refractivity contribution >= 4 is 29.5 Å². The monoisotopic (exact) mass is 334 g/mol. The van der Waals surface area contributed by atoms with Crippen LogP contribution in [0, 0.1) is 0 Å². The van der Waals surface area contributed by atoms with Crippen LogP contribution in [0.15, 0.2) is 35.3 Å². The Kier molecular flexibility index (Phi) is 3.83. The number of aliphatic imine (C=N–C) groups is 1. The van der Waals surface area contributed by atoms with Gasteiger partial charge in [0, 0.05) is 11.2 Å². The van der Waals surface area contributed by atoms with Crippen LogP contribution in [0.5, 0.6) is 0 Å². The van der Waals surface area contributed by atoms with Crippen LogP contribution in [0.3, 0.4) is 0 Å². The van der Waals surface area contributed by atoms with E-state index in [2.05, 4.69) is 4.99 Å². The number of nitrogens with zero attached hydrogens (tertiary/aromatic N) is 2. The van der Waals surface area contributed by atoms with Crippen molar-refractivity contribution in [3.8, 4) is 0 Å². The molecule has 2 aliphatic heterocycles. The number of carbonyl (C=O) groups is 2. The Labute approximate surface area is 138 Å². The van der Waals surface area contributed by atoms with E-state index < -0.39 is 34.1 Å². The van der Waals surface area contributed by atoms with Gasteiger partial charge in [0.25, 0.3) is 0 Å². The molecule has 0 spiro atoms. The maximum absolute atomic E-state index is 11.8. The van der Waals surface area contributed by atoms with Crippen LogP contribution in [-0.4, -0.2) is 55.1 Å². The minimum absolute atomic E-state index is 0.432. The lowest BCUT2D eigenvalue weighted by Gasteiger charge is -2.29. The molecule has 23 heavy (non-hydrogen) atoms. The fourth-order valence-electron chi connectivity index (χ4n) is 3.23. The van der Waals surface area contributed by atoms with Gasteiger partial charge in [0.1, 0.15) is 17.3 Å². The highest BCUT2D eigenvalue weighted by molar-refractivity contribution is 8.01. The Balaban J connectivity index is 1.98. The summed E-state index contributed by atoms with van der Waals surface area (Å²) in [6.07, 6.45) is 0.432. The van der Waals surface area contributed by atoms with E-state index in [1.54, 1.807) is 4.90 Å². The van der Waals surface area contributed by atoms with E-state index in [-0.39, 0.29) is 0 Å². The predicted octanol–water partition coefficient (Wildman–Crippen LogP) is 1.70. The van der Waals surface area contributed by atoms with Gasteiger partial charge in [-0.25, -0.2) is 9.59 Å². The quantitative estimate of drug-likeness (QED) is 0.871. The Morgan fingerprint density at radius 3 is 2.43 bits per heavy atom. The summed E-state index contributed by atoms with van der Waals surface area (Å²) in [6.45, 7) is 3.68. The molecule has 2 N–H and O–H groups in total. The smallest absolute Gasteiger partial charge is 0.331 e. The third kappa shape index (κ3) is 2.69. The second kappa shape index (κ2) is 5.56. The molecule has 6 nitrogen and oxygen atoms in total. The summed E-state index contributed by atoms with van der Waals surface area (Å²) in [5.41, 5.74) is 0.981. The molecule has 3 rings (SSSR count). The minimum atomic E-state index is -1.02. The largest absolute Gasteiger partial charge is 0.480 e. The molecule has 1 saturated heterocycles. The van der Waals surface area contributed by atoms with Crippen molar-refractivity contribution in [2.24, 2.45) is 4.99 Å². The zero-order valence-corrected chi connectivity index (χ0v) is 13.7. The number of benzene rings is 1. The molecule has 0 aromatic heterocycles. The first-order chi connectivity index (χ1) is 10.8. The van der Waals surface area contributed by atoms with Crippen molar-refractivity contribution < 1.29 is 19.8 Å². The average Bonchev–Trinajstić information content (AvgIpc) is 2.92. The first kappa shape index (κ1) is 15.9. The zero-order chi connectivity index (χ0) is 16.8. The number of thioether (sulfide) groups is 1. The van der Waals surface area contributed by atoms with Crippen LogP contribution < -0.4 is 0 Å². The molecule has 2 heterocycles. The lowest BCUT2D eigenvalue weighted by molar-refractivity contribution is -0.143. The third-order valence-electron chi connectivity index (χ3n) is 4.18. The number of amidine groups is 1. The van der Waals surface area contributed by atoms with E-state index in [1.165, 1.54) is 11.8 Å². The lowest BCUT2D eigenvalue weighted by atomic mass is 10.0. The highest BCUT2D eigenvalue weighted by Crippen LogP contribution is 2.49. The number of fused-ring (bicyclic) bond motifs is 1. The molecule has 7 heteroatoms. The van der Waals surface area contributed by atoms with Crippen LogP contribution in [-0.2, 0) is 16.0 Å². The molecular formula is C16H18N2O4S. The van der Waals surface area contributed by atoms with Gasteiger partial charge in [-0.15, -0.1) is 11.8 Å². The second-order valence-corrected chi connectivity index (χ2v) is 8.02. The Bertz CT molecular complexity index is 674. The van der Waals surface area contributed by atoms with Crippen molar-refractivity contribution in [2.45, 2.75) is 42.5 Å². The van der Waals surface area contributed by atoms with Crippen molar-refractivity contribution in [1.82, 2.24) is 4.90 Å². The molecular weight excluding hydrogens is 316 g/mol. The van der Waals surface area contributed by atoms with E-state index in [0.29, 0.717) is 12.3 Å². The van der Waals surface area contributed by atoms with Gasteiger partial charge in [0.2, 0.25) is 0 Å². The van der Waals surface area contributed by atoms with Gasteiger partial charge in [-0.05, 0) is 19.4 Å². The summed E-state index contributed by atoms with van der Waals surface area (Å²) in [5.74, 6) is -1.42. The molecule has 3 atom stereocenters. The normalized spacial score (nSPS) is 28.3. The van der Waals surface area contributed by atoms with Crippen LogP contribution in [0.1, 0.15) is 19.4 Å². The third-order valence-corrected chi connectivity index (χ3v) is 5.74. The molecule has 1 aromatic carbocycles. The minimum Gasteiger partial charge on any atom is -0.480 e. The molecule has 1 fully saturated rings. The van der Waals surface area contributed by atoms with Gasteiger partial charge in [-0.2, -0.15) is 0 Å².